The predicted octanol–water partition coefficient (Wildman–Crippen LogP) is 1.71. The molecule has 0 unspecified atom stereocenters. The summed E-state index contributed by atoms with van der Waals surface area (Å²) in [4.78, 5) is 0.118. The van der Waals surface area contributed by atoms with Crippen LogP contribution in [0.4, 0.5) is 5.82 Å². The number of aryl methyl sites for hydroxylation is 3. The minimum atomic E-state index is -3.69. The Morgan fingerprint density at radius 1 is 1.30 bits per heavy atom. The highest BCUT2D eigenvalue weighted by Crippen LogP contribution is 2.19. The quantitative estimate of drug-likeness (QED) is 0.932. The maximum Gasteiger partial charge on any atom is 0.263 e. The second-order valence-corrected chi connectivity index (χ2v) is 6.17. The number of benzene rings is 1. The van der Waals surface area contributed by atoms with Crippen LogP contribution in [0.25, 0.3) is 0 Å². The van der Waals surface area contributed by atoms with Crippen LogP contribution >= 0.6 is 0 Å². The number of rotatable bonds is 3. The third kappa shape index (κ3) is 2.65. The molecule has 2 aromatic rings. The Bertz CT molecular complexity index is 800. The normalized spacial score (nSPS) is 11.1. The molecule has 104 valence electrons. The van der Waals surface area contributed by atoms with Crippen LogP contribution < -0.4 is 4.72 Å². The molecule has 0 atom stereocenters. The van der Waals surface area contributed by atoms with Crippen molar-refractivity contribution in [3.8, 4) is 6.07 Å². The number of aromatic nitrogens is 2. The van der Waals surface area contributed by atoms with Gasteiger partial charge >= 0.3 is 0 Å². The molecule has 20 heavy (non-hydrogen) atoms. The third-order valence-electron chi connectivity index (χ3n) is 2.87. The van der Waals surface area contributed by atoms with E-state index in [2.05, 4.69) is 9.82 Å². The first-order valence-electron chi connectivity index (χ1n) is 5.87. The third-order valence-corrected chi connectivity index (χ3v) is 4.22. The van der Waals surface area contributed by atoms with E-state index in [1.165, 1.54) is 22.9 Å². The summed E-state index contributed by atoms with van der Waals surface area (Å²) in [7, 11) is -2.03. The van der Waals surface area contributed by atoms with Crippen molar-refractivity contribution in [2.24, 2.45) is 7.05 Å². The molecule has 0 aliphatic carbocycles. The first-order chi connectivity index (χ1) is 9.33. The molecule has 0 aliphatic heterocycles. The van der Waals surface area contributed by atoms with Crippen LogP contribution in [0.5, 0.6) is 0 Å². The van der Waals surface area contributed by atoms with Gasteiger partial charge in [-0.15, -0.1) is 0 Å². The van der Waals surface area contributed by atoms with Crippen LogP contribution in [-0.4, -0.2) is 18.2 Å². The maximum absolute atomic E-state index is 12.3. The Morgan fingerprint density at radius 2 is 2.00 bits per heavy atom. The lowest BCUT2D eigenvalue weighted by Crippen LogP contribution is -2.15. The lowest BCUT2D eigenvalue weighted by Gasteiger charge is -2.09. The molecule has 0 aliphatic rings. The standard InChI is InChI=1S/C13H14N4O2S/c1-9-6-12(5-4-11(9)8-14)20(18,19)16-13-7-10(2)15-17(13)3/h4-7,16H,1-3H3. The van der Waals surface area contributed by atoms with Crippen LogP contribution in [0.1, 0.15) is 16.8 Å². The van der Waals surface area contributed by atoms with E-state index in [1.54, 1.807) is 27.0 Å². The fourth-order valence-corrected chi connectivity index (χ4v) is 2.99. The van der Waals surface area contributed by atoms with Crippen molar-refractivity contribution in [2.45, 2.75) is 18.7 Å². The molecule has 0 saturated carbocycles. The molecule has 0 bridgehead atoms. The molecule has 6 nitrogen and oxygen atoms in total. The Labute approximate surface area is 117 Å². The van der Waals surface area contributed by atoms with Gasteiger partial charge in [0.05, 0.1) is 22.2 Å². The van der Waals surface area contributed by atoms with Gasteiger partial charge in [-0.25, -0.2) is 8.42 Å². The lowest BCUT2D eigenvalue weighted by atomic mass is 10.1. The summed E-state index contributed by atoms with van der Waals surface area (Å²) in [5, 5.41) is 12.9. The van der Waals surface area contributed by atoms with Gasteiger partial charge in [0.15, 0.2) is 0 Å². The average Bonchev–Trinajstić information content (AvgIpc) is 2.67. The topological polar surface area (TPSA) is 87.8 Å². The number of hydrogen-bond acceptors (Lipinski definition) is 4. The van der Waals surface area contributed by atoms with Gasteiger partial charge in [0.1, 0.15) is 5.82 Å². The fourth-order valence-electron chi connectivity index (χ4n) is 1.83. The summed E-state index contributed by atoms with van der Waals surface area (Å²) in [6, 6.07) is 8.04. The number of anilines is 1. The van der Waals surface area contributed by atoms with E-state index in [0.717, 1.165) is 5.69 Å². The van der Waals surface area contributed by atoms with Crippen LogP contribution in [-0.2, 0) is 17.1 Å². The number of hydrogen-bond donors (Lipinski definition) is 1. The lowest BCUT2D eigenvalue weighted by molar-refractivity contribution is 0.600. The van der Waals surface area contributed by atoms with E-state index >= 15 is 0 Å². The summed E-state index contributed by atoms with van der Waals surface area (Å²) in [5.41, 5.74) is 1.80. The first-order valence-corrected chi connectivity index (χ1v) is 7.36. The molecule has 0 saturated heterocycles. The SMILES string of the molecule is Cc1cc(NS(=O)(=O)c2ccc(C#N)c(C)c2)n(C)n1. The van der Waals surface area contributed by atoms with Gasteiger partial charge in [0.25, 0.3) is 10.0 Å². The average molecular weight is 290 g/mol. The van der Waals surface area contributed by atoms with Crippen molar-refractivity contribution in [1.29, 1.82) is 5.26 Å². The molecule has 0 spiro atoms. The molecule has 2 rings (SSSR count). The van der Waals surface area contributed by atoms with Crippen molar-refractivity contribution < 1.29 is 8.42 Å². The highest BCUT2D eigenvalue weighted by atomic mass is 32.2. The maximum atomic E-state index is 12.3. The van der Waals surface area contributed by atoms with Crippen LogP contribution in [0, 0.1) is 25.2 Å². The zero-order valence-electron chi connectivity index (χ0n) is 11.4. The minimum absolute atomic E-state index is 0.118. The van der Waals surface area contributed by atoms with Gasteiger partial charge < -0.3 is 0 Å². The summed E-state index contributed by atoms with van der Waals surface area (Å²) in [5.74, 6) is 0.393. The first kappa shape index (κ1) is 14.1. The van der Waals surface area contributed by atoms with E-state index in [4.69, 9.17) is 5.26 Å². The second-order valence-electron chi connectivity index (χ2n) is 4.49. The van der Waals surface area contributed by atoms with Crippen LogP contribution in [0.3, 0.4) is 0 Å². The van der Waals surface area contributed by atoms with E-state index in [9.17, 15) is 8.42 Å². The molecule has 1 N–H and O–H groups in total. The van der Waals surface area contributed by atoms with Crippen molar-refractivity contribution in [3.05, 3.63) is 41.1 Å². The molecule has 1 heterocycles. The number of nitrogens with zero attached hydrogens (tertiary/aromatic N) is 3. The van der Waals surface area contributed by atoms with Gasteiger partial charge in [-0.3, -0.25) is 9.40 Å². The Balaban J connectivity index is 2.39. The zero-order chi connectivity index (χ0) is 14.9. The largest absolute Gasteiger partial charge is 0.264 e. The van der Waals surface area contributed by atoms with Gasteiger partial charge in [0, 0.05) is 13.1 Å². The fraction of sp³-hybridized carbons (Fsp3) is 0.231. The molecule has 1 aromatic carbocycles. The smallest absolute Gasteiger partial charge is 0.263 e. The number of nitrogens with one attached hydrogen (secondary N) is 1. The number of nitriles is 1. The van der Waals surface area contributed by atoms with Crippen molar-refractivity contribution in [1.82, 2.24) is 9.78 Å². The molecule has 1 aromatic heterocycles. The molecular formula is C13H14N4O2S. The van der Waals surface area contributed by atoms with Crippen molar-refractivity contribution in [2.75, 3.05) is 4.72 Å². The Hall–Kier alpha value is -2.33. The van der Waals surface area contributed by atoms with E-state index in [-0.39, 0.29) is 4.90 Å². The van der Waals surface area contributed by atoms with Crippen molar-refractivity contribution in [3.63, 3.8) is 0 Å². The predicted molar refractivity (Wildman–Crippen MR) is 74.6 cm³/mol. The minimum Gasteiger partial charge on any atom is -0.264 e. The van der Waals surface area contributed by atoms with E-state index < -0.39 is 10.0 Å². The van der Waals surface area contributed by atoms with Gasteiger partial charge in [-0.05, 0) is 37.6 Å². The highest BCUT2D eigenvalue weighted by molar-refractivity contribution is 7.92. The van der Waals surface area contributed by atoms with Crippen LogP contribution in [0.2, 0.25) is 0 Å². The Kier molecular flexibility index (Phi) is 3.51. The molecular weight excluding hydrogens is 276 g/mol. The van der Waals surface area contributed by atoms with Gasteiger partial charge in [-0.1, -0.05) is 0 Å². The summed E-state index contributed by atoms with van der Waals surface area (Å²) in [6.07, 6.45) is 0. The molecule has 0 fully saturated rings. The van der Waals surface area contributed by atoms with E-state index in [0.29, 0.717) is 16.9 Å². The van der Waals surface area contributed by atoms with Gasteiger partial charge in [0.2, 0.25) is 0 Å². The monoisotopic (exact) mass is 290 g/mol. The molecule has 7 heteroatoms. The molecule has 0 radical (unpaired) electrons. The Morgan fingerprint density at radius 3 is 2.50 bits per heavy atom. The van der Waals surface area contributed by atoms with E-state index in [1.807, 2.05) is 6.07 Å². The summed E-state index contributed by atoms with van der Waals surface area (Å²) in [6.45, 7) is 3.48. The highest BCUT2D eigenvalue weighted by Gasteiger charge is 2.17. The van der Waals surface area contributed by atoms with Gasteiger partial charge in [-0.2, -0.15) is 10.4 Å². The number of sulfonamides is 1. The summed E-state index contributed by atoms with van der Waals surface area (Å²) >= 11 is 0. The van der Waals surface area contributed by atoms with Crippen LogP contribution in [0.15, 0.2) is 29.2 Å². The molecule has 0 amide bonds. The second kappa shape index (κ2) is 4.98. The zero-order valence-corrected chi connectivity index (χ0v) is 12.2. The summed E-state index contributed by atoms with van der Waals surface area (Å²) < 4.78 is 28.5. The van der Waals surface area contributed by atoms with Crippen molar-refractivity contribution >= 4 is 15.8 Å².